The van der Waals surface area contributed by atoms with Gasteiger partial charge in [-0.1, -0.05) is 13.3 Å². The molecule has 0 aromatic rings. The lowest BCUT2D eigenvalue weighted by molar-refractivity contribution is -0.158. The summed E-state index contributed by atoms with van der Waals surface area (Å²) < 4.78 is 5.72. The highest BCUT2D eigenvalue weighted by molar-refractivity contribution is 5.96. The standard InChI is InChI=1S/C15H26N2O3/c1-5-6-12-14(19)17(10(2)13(18)16-12)11-7-8-20-15(3,4)9-11/h10-12H,5-9H2,1-4H3,(H,16,18). The highest BCUT2D eigenvalue weighted by atomic mass is 16.5. The van der Waals surface area contributed by atoms with E-state index in [9.17, 15) is 9.59 Å². The molecule has 2 aliphatic heterocycles. The Morgan fingerprint density at radius 2 is 2.10 bits per heavy atom. The third-order valence-corrected chi connectivity index (χ3v) is 4.31. The van der Waals surface area contributed by atoms with Crippen LogP contribution in [0, 0.1) is 0 Å². The molecule has 114 valence electrons. The molecule has 0 aromatic carbocycles. The summed E-state index contributed by atoms with van der Waals surface area (Å²) in [6.45, 7) is 8.58. The van der Waals surface area contributed by atoms with Gasteiger partial charge in [0.15, 0.2) is 0 Å². The molecule has 20 heavy (non-hydrogen) atoms. The molecule has 0 radical (unpaired) electrons. The van der Waals surface area contributed by atoms with Crippen LogP contribution in [0.3, 0.4) is 0 Å². The van der Waals surface area contributed by atoms with E-state index < -0.39 is 0 Å². The summed E-state index contributed by atoms with van der Waals surface area (Å²) >= 11 is 0. The molecule has 5 nitrogen and oxygen atoms in total. The van der Waals surface area contributed by atoms with E-state index >= 15 is 0 Å². The van der Waals surface area contributed by atoms with E-state index in [4.69, 9.17) is 4.74 Å². The van der Waals surface area contributed by atoms with Gasteiger partial charge < -0.3 is 15.0 Å². The first-order valence-electron chi connectivity index (χ1n) is 7.62. The van der Waals surface area contributed by atoms with E-state index in [-0.39, 0.29) is 35.5 Å². The third-order valence-electron chi connectivity index (χ3n) is 4.31. The second-order valence-electron chi connectivity index (χ2n) is 6.53. The Morgan fingerprint density at radius 1 is 1.40 bits per heavy atom. The van der Waals surface area contributed by atoms with Gasteiger partial charge in [0.1, 0.15) is 12.1 Å². The first-order valence-corrected chi connectivity index (χ1v) is 7.62. The second-order valence-corrected chi connectivity index (χ2v) is 6.53. The van der Waals surface area contributed by atoms with Crippen LogP contribution >= 0.6 is 0 Å². The maximum absolute atomic E-state index is 12.7. The van der Waals surface area contributed by atoms with Gasteiger partial charge in [-0.15, -0.1) is 0 Å². The lowest BCUT2D eigenvalue weighted by Gasteiger charge is -2.46. The number of piperazine rings is 1. The first-order chi connectivity index (χ1) is 9.35. The van der Waals surface area contributed by atoms with Crippen molar-refractivity contribution in [1.29, 1.82) is 0 Å². The maximum atomic E-state index is 12.7. The molecule has 3 atom stereocenters. The summed E-state index contributed by atoms with van der Waals surface area (Å²) in [7, 11) is 0. The van der Waals surface area contributed by atoms with Crippen LogP contribution in [0.15, 0.2) is 0 Å². The van der Waals surface area contributed by atoms with Crippen LogP contribution in [-0.2, 0) is 14.3 Å². The van der Waals surface area contributed by atoms with Crippen molar-refractivity contribution in [3.63, 3.8) is 0 Å². The third kappa shape index (κ3) is 2.97. The van der Waals surface area contributed by atoms with Crippen LogP contribution in [0.1, 0.15) is 53.4 Å². The highest BCUT2D eigenvalue weighted by Gasteiger charge is 2.43. The number of rotatable bonds is 3. The Balaban J connectivity index is 2.18. The van der Waals surface area contributed by atoms with Gasteiger partial charge in [-0.25, -0.2) is 0 Å². The Bertz CT molecular complexity index is 395. The summed E-state index contributed by atoms with van der Waals surface area (Å²) in [6, 6.07) is -0.629. The van der Waals surface area contributed by atoms with E-state index in [2.05, 4.69) is 5.32 Å². The fraction of sp³-hybridized carbons (Fsp3) is 0.867. The van der Waals surface area contributed by atoms with Crippen LogP contribution in [0.4, 0.5) is 0 Å². The van der Waals surface area contributed by atoms with Crippen LogP contribution in [0.25, 0.3) is 0 Å². The van der Waals surface area contributed by atoms with Crippen molar-refractivity contribution in [2.24, 2.45) is 0 Å². The minimum Gasteiger partial charge on any atom is -0.375 e. The van der Waals surface area contributed by atoms with Crippen molar-refractivity contribution in [1.82, 2.24) is 10.2 Å². The van der Waals surface area contributed by atoms with Gasteiger partial charge in [-0.2, -0.15) is 0 Å². The molecule has 0 aliphatic carbocycles. The van der Waals surface area contributed by atoms with Gasteiger partial charge in [0.25, 0.3) is 0 Å². The zero-order chi connectivity index (χ0) is 14.9. The maximum Gasteiger partial charge on any atom is 0.246 e. The Morgan fingerprint density at radius 3 is 2.70 bits per heavy atom. The Labute approximate surface area is 121 Å². The molecule has 3 unspecified atom stereocenters. The minimum absolute atomic E-state index is 0.0349. The molecule has 0 bridgehead atoms. The van der Waals surface area contributed by atoms with Crippen molar-refractivity contribution < 1.29 is 14.3 Å². The van der Waals surface area contributed by atoms with E-state index in [0.717, 1.165) is 19.3 Å². The molecule has 0 spiro atoms. The highest BCUT2D eigenvalue weighted by Crippen LogP contribution is 2.30. The number of hydrogen-bond acceptors (Lipinski definition) is 3. The number of carbonyl (C=O) groups is 2. The lowest BCUT2D eigenvalue weighted by atomic mass is 9.90. The molecular weight excluding hydrogens is 256 g/mol. The average molecular weight is 282 g/mol. The fourth-order valence-electron chi connectivity index (χ4n) is 3.27. The Hall–Kier alpha value is -1.10. The van der Waals surface area contributed by atoms with Gasteiger partial charge in [-0.3, -0.25) is 9.59 Å². The van der Waals surface area contributed by atoms with Gasteiger partial charge in [0.2, 0.25) is 11.8 Å². The quantitative estimate of drug-likeness (QED) is 0.852. The predicted molar refractivity (Wildman–Crippen MR) is 76.2 cm³/mol. The topological polar surface area (TPSA) is 58.6 Å². The van der Waals surface area contributed by atoms with E-state index in [1.807, 2.05) is 32.6 Å². The molecule has 0 aromatic heterocycles. The number of nitrogens with one attached hydrogen (secondary N) is 1. The molecule has 5 heteroatoms. The minimum atomic E-state index is -0.380. The van der Waals surface area contributed by atoms with Crippen molar-refractivity contribution in [3.8, 4) is 0 Å². The summed E-state index contributed by atoms with van der Waals surface area (Å²) in [4.78, 5) is 26.6. The number of carbonyl (C=O) groups excluding carboxylic acids is 2. The SMILES string of the molecule is CCCC1NC(=O)C(C)N(C2CCOC(C)(C)C2)C1=O. The smallest absolute Gasteiger partial charge is 0.246 e. The van der Waals surface area contributed by atoms with Gasteiger partial charge in [0, 0.05) is 12.6 Å². The Kier molecular flexibility index (Phi) is 4.37. The molecule has 2 rings (SSSR count). The van der Waals surface area contributed by atoms with Crippen LogP contribution < -0.4 is 5.32 Å². The molecule has 0 saturated carbocycles. The number of ether oxygens (including phenoxy) is 1. The molecule has 2 fully saturated rings. The van der Waals surface area contributed by atoms with Crippen LogP contribution in [-0.4, -0.2) is 47.0 Å². The zero-order valence-electron chi connectivity index (χ0n) is 12.9. The molecular formula is C15H26N2O3. The molecule has 1 N–H and O–H groups in total. The van der Waals surface area contributed by atoms with Gasteiger partial charge in [0.05, 0.1) is 5.60 Å². The monoisotopic (exact) mass is 282 g/mol. The summed E-state index contributed by atoms with van der Waals surface area (Å²) in [6.07, 6.45) is 3.19. The summed E-state index contributed by atoms with van der Waals surface area (Å²) in [5, 5.41) is 2.85. The van der Waals surface area contributed by atoms with Crippen molar-refractivity contribution in [2.75, 3.05) is 6.61 Å². The molecule has 2 aliphatic rings. The number of nitrogens with zero attached hydrogens (tertiary/aromatic N) is 1. The molecule has 2 heterocycles. The predicted octanol–water partition coefficient (Wildman–Crippen LogP) is 1.46. The molecule has 2 amide bonds. The van der Waals surface area contributed by atoms with E-state index in [1.54, 1.807) is 0 Å². The molecule has 2 saturated heterocycles. The lowest BCUT2D eigenvalue weighted by Crippen LogP contribution is -2.66. The number of hydrogen-bond donors (Lipinski definition) is 1. The van der Waals surface area contributed by atoms with Crippen LogP contribution in [0.2, 0.25) is 0 Å². The summed E-state index contributed by atoms with van der Waals surface area (Å²) in [5.41, 5.74) is -0.225. The average Bonchev–Trinajstić information content (AvgIpc) is 2.35. The van der Waals surface area contributed by atoms with E-state index in [0.29, 0.717) is 13.0 Å². The number of amides is 2. The fourth-order valence-corrected chi connectivity index (χ4v) is 3.27. The first kappa shape index (κ1) is 15.3. The second kappa shape index (κ2) is 5.72. The van der Waals surface area contributed by atoms with Gasteiger partial charge >= 0.3 is 0 Å². The van der Waals surface area contributed by atoms with Crippen molar-refractivity contribution in [3.05, 3.63) is 0 Å². The normalized spacial score (nSPS) is 34.0. The van der Waals surface area contributed by atoms with Crippen LogP contribution in [0.5, 0.6) is 0 Å². The summed E-state index contributed by atoms with van der Waals surface area (Å²) in [5.74, 6) is 0.0361. The van der Waals surface area contributed by atoms with Gasteiger partial charge in [-0.05, 0) is 40.0 Å². The zero-order valence-corrected chi connectivity index (χ0v) is 12.9. The van der Waals surface area contributed by atoms with Crippen molar-refractivity contribution in [2.45, 2.75) is 77.1 Å². The largest absolute Gasteiger partial charge is 0.375 e. The van der Waals surface area contributed by atoms with E-state index in [1.165, 1.54) is 0 Å². The van der Waals surface area contributed by atoms with Crippen molar-refractivity contribution >= 4 is 11.8 Å².